The van der Waals surface area contributed by atoms with Crippen molar-refractivity contribution in [1.82, 2.24) is 0 Å². The number of hydrogen-bond acceptors (Lipinski definition) is 0. The third-order valence-corrected chi connectivity index (χ3v) is 3.27. The number of halogens is 1. The summed E-state index contributed by atoms with van der Waals surface area (Å²) in [6.45, 7) is 0. The molecule has 3 aromatic carbocycles. The van der Waals surface area contributed by atoms with Gasteiger partial charge in [-0.15, -0.1) is 0 Å². The van der Waals surface area contributed by atoms with E-state index in [2.05, 4.69) is 0 Å². The third kappa shape index (κ3) is 2.48. The lowest BCUT2D eigenvalue weighted by molar-refractivity contribution is 0.618. The summed E-state index contributed by atoms with van der Waals surface area (Å²) >= 11 is 0. The van der Waals surface area contributed by atoms with Gasteiger partial charge in [0.2, 0.25) is 0 Å². The maximum atomic E-state index is 14.2. The minimum absolute atomic E-state index is 0.199. The SMILES string of the molecule is Fc1ccccc1[C](c1ccccc1)c1ccccc1. The molecule has 0 fully saturated rings. The van der Waals surface area contributed by atoms with Crippen LogP contribution < -0.4 is 0 Å². The summed E-state index contributed by atoms with van der Waals surface area (Å²) in [4.78, 5) is 0. The van der Waals surface area contributed by atoms with Crippen LogP contribution in [0.3, 0.4) is 0 Å². The molecule has 0 spiro atoms. The van der Waals surface area contributed by atoms with Crippen LogP contribution >= 0.6 is 0 Å². The molecule has 1 radical (unpaired) electrons. The molecule has 0 N–H and O–H groups in total. The monoisotopic (exact) mass is 261 g/mol. The molecule has 0 saturated heterocycles. The first-order valence-electron chi connectivity index (χ1n) is 6.59. The van der Waals surface area contributed by atoms with Gasteiger partial charge in [-0.2, -0.15) is 0 Å². The van der Waals surface area contributed by atoms with Gasteiger partial charge in [-0.25, -0.2) is 4.39 Å². The van der Waals surface area contributed by atoms with Gasteiger partial charge in [0.05, 0.1) is 5.92 Å². The van der Waals surface area contributed by atoms with Crippen molar-refractivity contribution in [2.45, 2.75) is 0 Å². The fourth-order valence-corrected chi connectivity index (χ4v) is 2.35. The van der Waals surface area contributed by atoms with Crippen molar-refractivity contribution in [3.8, 4) is 0 Å². The molecule has 0 nitrogen and oxygen atoms in total. The Morgan fingerprint density at radius 2 is 1.00 bits per heavy atom. The Balaban J connectivity index is 2.17. The normalized spacial score (nSPS) is 10.7. The second-order valence-electron chi connectivity index (χ2n) is 4.59. The predicted molar refractivity (Wildman–Crippen MR) is 79.8 cm³/mol. The number of hydrogen-bond donors (Lipinski definition) is 0. The van der Waals surface area contributed by atoms with Gasteiger partial charge in [0.15, 0.2) is 0 Å². The summed E-state index contributed by atoms with van der Waals surface area (Å²) in [7, 11) is 0. The van der Waals surface area contributed by atoms with Gasteiger partial charge in [-0.1, -0.05) is 78.9 Å². The summed E-state index contributed by atoms with van der Waals surface area (Å²) < 4.78 is 14.2. The van der Waals surface area contributed by atoms with Crippen LogP contribution in [0.1, 0.15) is 16.7 Å². The summed E-state index contributed by atoms with van der Waals surface area (Å²) in [5, 5.41) is 0. The van der Waals surface area contributed by atoms with Crippen LogP contribution in [0.15, 0.2) is 84.9 Å². The van der Waals surface area contributed by atoms with E-state index in [1.807, 2.05) is 72.8 Å². The van der Waals surface area contributed by atoms with E-state index in [1.165, 1.54) is 6.07 Å². The second-order valence-corrected chi connectivity index (χ2v) is 4.59. The maximum Gasteiger partial charge on any atom is 0.127 e. The van der Waals surface area contributed by atoms with Crippen molar-refractivity contribution < 1.29 is 4.39 Å². The predicted octanol–water partition coefficient (Wildman–Crippen LogP) is 4.84. The molecule has 0 bridgehead atoms. The minimum Gasteiger partial charge on any atom is -0.207 e. The van der Waals surface area contributed by atoms with E-state index in [9.17, 15) is 4.39 Å². The van der Waals surface area contributed by atoms with E-state index in [-0.39, 0.29) is 5.82 Å². The Hall–Kier alpha value is -2.41. The van der Waals surface area contributed by atoms with E-state index in [0.29, 0.717) is 5.56 Å². The van der Waals surface area contributed by atoms with Crippen molar-refractivity contribution in [2.75, 3.05) is 0 Å². The van der Waals surface area contributed by atoms with Gasteiger partial charge in [-0.05, 0) is 17.2 Å². The molecular weight excluding hydrogens is 247 g/mol. The fraction of sp³-hybridized carbons (Fsp3) is 0. The molecule has 0 amide bonds. The summed E-state index contributed by atoms with van der Waals surface area (Å²) in [6, 6.07) is 26.8. The quantitative estimate of drug-likeness (QED) is 0.591. The van der Waals surface area contributed by atoms with Gasteiger partial charge < -0.3 is 0 Å². The van der Waals surface area contributed by atoms with Crippen LogP contribution in [-0.2, 0) is 0 Å². The topological polar surface area (TPSA) is 0 Å². The summed E-state index contributed by atoms with van der Waals surface area (Å²) in [5.74, 6) is 0.722. The Kier molecular flexibility index (Phi) is 3.60. The lowest BCUT2D eigenvalue weighted by Gasteiger charge is -2.18. The lowest BCUT2D eigenvalue weighted by Crippen LogP contribution is -2.06. The van der Waals surface area contributed by atoms with E-state index >= 15 is 0 Å². The van der Waals surface area contributed by atoms with Crippen LogP contribution in [0.25, 0.3) is 0 Å². The first-order valence-corrected chi connectivity index (χ1v) is 6.59. The molecule has 0 heterocycles. The first-order chi connectivity index (χ1) is 9.86. The van der Waals surface area contributed by atoms with Crippen molar-refractivity contribution in [2.24, 2.45) is 0 Å². The molecule has 3 rings (SSSR count). The van der Waals surface area contributed by atoms with Crippen molar-refractivity contribution in [1.29, 1.82) is 0 Å². The maximum absolute atomic E-state index is 14.2. The minimum atomic E-state index is -0.199. The molecule has 0 aromatic heterocycles. The molecule has 0 aliphatic carbocycles. The van der Waals surface area contributed by atoms with Crippen molar-refractivity contribution in [3.05, 3.63) is 113 Å². The highest BCUT2D eigenvalue weighted by molar-refractivity contribution is 5.57. The van der Waals surface area contributed by atoms with Crippen molar-refractivity contribution >= 4 is 0 Å². The summed E-state index contributed by atoms with van der Waals surface area (Å²) in [5.41, 5.74) is 2.66. The Morgan fingerprint density at radius 3 is 1.50 bits per heavy atom. The van der Waals surface area contributed by atoms with Crippen LogP contribution in [-0.4, -0.2) is 0 Å². The summed E-state index contributed by atoms with van der Waals surface area (Å²) in [6.07, 6.45) is 0. The Morgan fingerprint density at radius 1 is 0.550 bits per heavy atom. The van der Waals surface area contributed by atoms with Crippen molar-refractivity contribution in [3.63, 3.8) is 0 Å². The third-order valence-electron chi connectivity index (χ3n) is 3.27. The van der Waals surface area contributed by atoms with Crippen LogP contribution in [0.2, 0.25) is 0 Å². The van der Waals surface area contributed by atoms with Crippen LogP contribution in [0.5, 0.6) is 0 Å². The largest absolute Gasteiger partial charge is 0.207 e. The molecule has 0 atom stereocenters. The molecule has 0 aliphatic rings. The molecule has 97 valence electrons. The van der Waals surface area contributed by atoms with E-state index < -0.39 is 0 Å². The Labute approximate surface area is 118 Å². The van der Waals surface area contributed by atoms with Gasteiger partial charge >= 0.3 is 0 Å². The average molecular weight is 261 g/mol. The van der Waals surface area contributed by atoms with Crippen LogP contribution in [0.4, 0.5) is 4.39 Å². The Bertz CT molecular complexity index is 635. The molecule has 0 unspecified atom stereocenters. The van der Waals surface area contributed by atoms with Gasteiger partial charge in [0, 0.05) is 5.56 Å². The standard InChI is InChI=1S/C19H14F/c20-18-14-8-7-13-17(18)19(15-9-3-1-4-10-15)16-11-5-2-6-12-16/h1-14H. The molecule has 3 aromatic rings. The average Bonchev–Trinajstić information content (AvgIpc) is 2.52. The first kappa shape index (κ1) is 12.6. The molecule has 0 aliphatic heterocycles. The fourth-order valence-electron chi connectivity index (χ4n) is 2.35. The van der Waals surface area contributed by atoms with Crippen LogP contribution in [0, 0.1) is 11.7 Å². The van der Waals surface area contributed by atoms with Gasteiger partial charge in [0.1, 0.15) is 5.82 Å². The highest BCUT2D eigenvalue weighted by atomic mass is 19.1. The van der Waals surface area contributed by atoms with E-state index in [1.54, 1.807) is 6.07 Å². The molecule has 20 heavy (non-hydrogen) atoms. The molecule has 0 saturated carbocycles. The highest BCUT2D eigenvalue weighted by Crippen LogP contribution is 2.31. The molecule has 1 heteroatoms. The lowest BCUT2D eigenvalue weighted by atomic mass is 9.85. The zero-order valence-corrected chi connectivity index (χ0v) is 11.0. The highest BCUT2D eigenvalue weighted by Gasteiger charge is 2.20. The number of rotatable bonds is 3. The zero-order valence-electron chi connectivity index (χ0n) is 11.0. The number of benzene rings is 3. The van der Waals surface area contributed by atoms with Gasteiger partial charge in [0.25, 0.3) is 0 Å². The van der Waals surface area contributed by atoms with E-state index in [0.717, 1.165) is 17.0 Å². The smallest absolute Gasteiger partial charge is 0.127 e. The second kappa shape index (κ2) is 5.70. The zero-order chi connectivity index (χ0) is 13.8. The van der Waals surface area contributed by atoms with Gasteiger partial charge in [-0.3, -0.25) is 0 Å². The van der Waals surface area contributed by atoms with E-state index in [4.69, 9.17) is 0 Å². The molecular formula is C19H14F.